The number of carbonyl (C=O) groups is 1. The van der Waals surface area contributed by atoms with Crippen molar-refractivity contribution < 1.29 is 14.3 Å². The molecule has 4 nitrogen and oxygen atoms in total. The van der Waals surface area contributed by atoms with Crippen molar-refractivity contribution in [1.82, 2.24) is 4.90 Å². The Kier molecular flexibility index (Phi) is 4.80. The van der Waals surface area contributed by atoms with Gasteiger partial charge in [-0.15, -0.1) is 0 Å². The monoisotopic (exact) mass is 242 g/mol. The van der Waals surface area contributed by atoms with Crippen LogP contribution in [0.4, 0.5) is 4.79 Å². The maximum atomic E-state index is 11.9. The SMILES string of the molecule is CC(C)(C)OC(=O)N1CCCC1COC[Si]. The van der Waals surface area contributed by atoms with Crippen LogP contribution in [0.25, 0.3) is 0 Å². The van der Waals surface area contributed by atoms with Crippen LogP contribution in [0, 0.1) is 0 Å². The number of likely N-dealkylation sites (tertiary alicyclic amines) is 1. The molecule has 1 unspecified atom stereocenters. The Balaban J connectivity index is 2.47. The first-order valence-electron chi connectivity index (χ1n) is 5.66. The summed E-state index contributed by atoms with van der Waals surface area (Å²) in [6, 6.07) is 0.159. The van der Waals surface area contributed by atoms with Crippen molar-refractivity contribution in [3.05, 3.63) is 0 Å². The minimum absolute atomic E-state index is 0.159. The van der Waals surface area contributed by atoms with Gasteiger partial charge in [-0.25, -0.2) is 4.79 Å². The summed E-state index contributed by atoms with van der Waals surface area (Å²) >= 11 is 0. The first-order chi connectivity index (χ1) is 7.44. The quantitative estimate of drug-likeness (QED) is 0.705. The molecule has 0 saturated carbocycles. The van der Waals surface area contributed by atoms with E-state index < -0.39 is 5.60 Å². The van der Waals surface area contributed by atoms with Crippen molar-refractivity contribution in [3.8, 4) is 0 Å². The molecule has 0 bridgehead atoms. The Hall–Kier alpha value is -0.553. The zero-order chi connectivity index (χ0) is 12.2. The van der Waals surface area contributed by atoms with E-state index in [1.165, 1.54) is 0 Å². The van der Waals surface area contributed by atoms with E-state index in [-0.39, 0.29) is 12.1 Å². The van der Waals surface area contributed by atoms with E-state index in [0.29, 0.717) is 12.8 Å². The van der Waals surface area contributed by atoms with Crippen molar-refractivity contribution in [1.29, 1.82) is 0 Å². The predicted octanol–water partition coefficient (Wildman–Crippen LogP) is 1.53. The Morgan fingerprint density at radius 2 is 2.19 bits per heavy atom. The summed E-state index contributed by atoms with van der Waals surface area (Å²) in [6.07, 6.45) is 2.28. The van der Waals surface area contributed by atoms with Crippen LogP contribution in [0.5, 0.6) is 0 Å². The third-order valence-electron chi connectivity index (χ3n) is 2.42. The third-order valence-corrected chi connectivity index (χ3v) is 2.62. The molecule has 1 saturated heterocycles. The fraction of sp³-hybridized carbons (Fsp3) is 0.909. The standard InChI is InChI=1S/C11H20NO3Si/c1-11(2,3)15-10(13)12-6-4-5-9(12)7-14-8-16/h9H,4-8H2,1-3H3. The summed E-state index contributed by atoms with van der Waals surface area (Å²) in [4.78, 5) is 13.6. The molecule has 0 aromatic rings. The van der Waals surface area contributed by atoms with Gasteiger partial charge in [0, 0.05) is 12.8 Å². The van der Waals surface area contributed by atoms with Crippen molar-refractivity contribution >= 4 is 16.3 Å². The van der Waals surface area contributed by atoms with Crippen LogP contribution in [0.15, 0.2) is 0 Å². The second kappa shape index (κ2) is 5.68. The van der Waals surface area contributed by atoms with Crippen molar-refractivity contribution in [2.75, 3.05) is 19.4 Å². The van der Waals surface area contributed by atoms with Crippen molar-refractivity contribution in [3.63, 3.8) is 0 Å². The smallest absolute Gasteiger partial charge is 0.410 e. The molecule has 1 aliphatic heterocycles. The minimum Gasteiger partial charge on any atom is -0.444 e. The van der Waals surface area contributed by atoms with Crippen molar-refractivity contribution in [2.45, 2.75) is 45.3 Å². The lowest BCUT2D eigenvalue weighted by molar-refractivity contribution is 0.0138. The predicted molar refractivity (Wildman–Crippen MR) is 62.5 cm³/mol. The third kappa shape index (κ3) is 4.13. The zero-order valence-electron chi connectivity index (χ0n) is 10.3. The second-order valence-electron chi connectivity index (χ2n) is 4.98. The van der Waals surface area contributed by atoms with E-state index in [9.17, 15) is 4.79 Å². The summed E-state index contributed by atoms with van der Waals surface area (Å²) in [6.45, 7) is 6.98. The van der Waals surface area contributed by atoms with Crippen LogP contribution in [-0.2, 0) is 9.47 Å². The number of carbonyl (C=O) groups excluding carboxylic acids is 1. The number of amides is 1. The van der Waals surface area contributed by atoms with E-state index in [0.717, 1.165) is 19.4 Å². The molecule has 1 atom stereocenters. The molecule has 3 radical (unpaired) electrons. The lowest BCUT2D eigenvalue weighted by atomic mass is 10.2. The first-order valence-corrected chi connectivity index (χ1v) is 6.36. The minimum atomic E-state index is -0.430. The van der Waals surface area contributed by atoms with E-state index in [1.807, 2.05) is 20.8 Å². The highest BCUT2D eigenvalue weighted by molar-refractivity contribution is 6.08. The van der Waals surface area contributed by atoms with Crippen LogP contribution in [0.1, 0.15) is 33.6 Å². The van der Waals surface area contributed by atoms with Crippen LogP contribution in [0.2, 0.25) is 0 Å². The number of nitrogens with zero attached hydrogens (tertiary/aromatic N) is 1. The molecule has 0 aromatic carbocycles. The summed E-state index contributed by atoms with van der Waals surface area (Å²) in [7, 11) is 3.25. The molecule has 1 aliphatic rings. The van der Waals surface area contributed by atoms with E-state index in [1.54, 1.807) is 4.90 Å². The van der Waals surface area contributed by atoms with Crippen LogP contribution in [-0.4, -0.2) is 52.3 Å². The summed E-state index contributed by atoms with van der Waals surface area (Å²) in [5.41, 5.74) is -0.430. The highest BCUT2D eigenvalue weighted by Gasteiger charge is 2.31. The van der Waals surface area contributed by atoms with E-state index in [2.05, 4.69) is 10.2 Å². The second-order valence-corrected chi connectivity index (χ2v) is 5.27. The van der Waals surface area contributed by atoms with Gasteiger partial charge in [0.15, 0.2) is 0 Å². The normalized spacial score (nSPS) is 21.2. The van der Waals surface area contributed by atoms with Gasteiger partial charge in [0.05, 0.1) is 22.9 Å². The summed E-state index contributed by atoms with van der Waals surface area (Å²) in [5.74, 6) is 0. The molecular formula is C11H20NO3Si. The molecule has 0 aromatic heterocycles. The molecule has 1 fully saturated rings. The van der Waals surface area contributed by atoms with Crippen LogP contribution in [0.3, 0.4) is 0 Å². The Morgan fingerprint density at radius 3 is 2.75 bits per heavy atom. The van der Waals surface area contributed by atoms with Gasteiger partial charge < -0.3 is 14.4 Å². The molecule has 1 heterocycles. The van der Waals surface area contributed by atoms with Crippen LogP contribution >= 0.6 is 0 Å². The highest BCUT2D eigenvalue weighted by Crippen LogP contribution is 2.20. The van der Waals surface area contributed by atoms with Gasteiger partial charge in [0.2, 0.25) is 0 Å². The fourth-order valence-electron chi connectivity index (χ4n) is 1.76. The summed E-state index contributed by atoms with van der Waals surface area (Å²) in [5, 5.41) is 0. The Bertz CT molecular complexity index is 240. The van der Waals surface area contributed by atoms with Gasteiger partial charge >= 0.3 is 6.09 Å². The number of hydrogen-bond acceptors (Lipinski definition) is 3. The topological polar surface area (TPSA) is 38.8 Å². The number of hydrogen-bond donors (Lipinski definition) is 0. The molecule has 0 spiro atoms. The van der Waals surface area contributed by atoms with E-state index in [4.69, 9.17) is 9.47 Å². The van der Waals surface area contributed by atoms with Crippen molar-refractivity contribution in [2.24, 2.45) is 0 Å². The maximum absolute atomic E-state index is 11.9. The molecular weight excluding hydrogens is 222 g/mol. The van der Waals surface area contributed by atoms with Gasteiger partial charge in [-0.2, -0.15) is 0 Å². The Labute approximate surface area is 101 Å². The molecule has 1 amide bonds. The zero-order valence-corrected chi connectivity index (χ0v) is 11.3. The maximum Gasteiger partial charge on any atom is 0.410 e. The molecule has 5 heteroatoms. The largest absolute Gasteiger partial charge is 0.444 e. The Morgan fingerprint density at radius 1 is 1.50 bits per heavy atom. The molecule has 16 heavy (non-hydrogen) atoms. The number of ether oxygens (including phenoxy) is 2. The van der Waals surface area contributed by atoms with E-state index >= 15 is 0 Å². The number of rotatable bonds is 3. The highest BCUT2D eigenvalue weighted by atomic mass is 28.1. The van der Waals surface area contributed by atoms with Gasteiger partial charge in [0.1, 0.15) is 5.60 Å². The summed E-state index contributed by atoms with van der Waals surface area (Å²) < 4.78 is 10.6. The lowest BCUT2D eigenvalue weighted by Crippen LogP contribution is -2.41. The first kappa shape index (κ1) is 13.5. The molecule has 1 rings (SSSR count). The average molecular weight is 242 g/mol. The van der Waals surface area contributed by atoms with Gasteiger partial charge in [0.25, 0.3) is 0 Å². The molecule has 0 aliphatic carbocycles. The average Bonchev–Trinajstić information content (AvgIpc) is 2.59. The van der Waals surface area contributed by atoms with Gasteiger partial charge in [-0.3, -0.25) is 0 Å². The van der Waals surface area contributed by atoms with Gasteiger partial charge in [-0.05, 0) is 33.6 Å². The van der Waals surface area contributed by atoms with Gasteiger partial charge in [-0.1, -0.05) is 0 Å². The van der Waals surface area contributed by atoms with Crippen LogP contribution < -0.4 is 0 Å². The molecule has 0 N–H and O–H groups in total. The molecule has 91 valence electrons. The lowest BCUT2D eigenvalue weighted by Gasteiger charge is -2.28. The fourth-order valence-corrected chi connectivity index (χ4v) is 1.88.